The van der Waals surface area contributed by atoms with Crippen LogP contribution in [-0.2, 0) is 5.41 Å². The number of aliphatic hydroxyl groups excluding tert-OH is 1. The second-order valence-corrected chi connectivity index (χ2v) is 6.11. The Bertz CT molecular complexity index is 371. The Morgan fingerprint density at radius 2 is 1.83 bits per heavy atom. The summed E-state index contributed by atoms with van der Waals surface area (Å²) in [6, 6.07) is 8.69. The van der Waals surface area contributed by atoms with Crippen molar-refractivity contribution in [3.63, 3.8) is 0 Å². The third-order valence-corrected chi connectivity index (χ3v) is 3.68. The van der Waals surface area contributed by atoms with Crippen molar-refractivity contribution in [2.45, 2.75) is 46.1 Å². The van der Waals surface area contributed by atoms with Crippen LogP contribution in [0, 0.1) is 12.8 Å². The fourth-order valence-electron chi connectivity index (χ4n) is 2.32. The molecular weight excluding hydrogens is 222 g/mol. The van der Waals surface area contributed by atoms with Gasteiger partial charge < -0.3 is 10.4 Å². The molecule has 2 nitrogen and oxygen atoms in total. The van der Waals surface area contributed by atoms with Gasteiger partial charge in [0.05, 0.1) is 6.61 Å². The Balaban J connectivity index is 2.73. The number of hydrogen-bond acceptors (Lipinski definition) is 2. The zero-order chi connectivity index (χ0) is 13.8. The molecule has 18 heavy (non-hydrogen) atoms. The summed E-state index contributed by atoms with van der Waals surface area (Å²) in [5, 5.41) is 12.8. The van der Waals surface area contributed by atoms with Gasteiger partial charge in [0.1, 0.15) is 0 Å². The number of nitrogens with one attached hydrogen (secondary N) is 1. The first-order chi connectivity index (χ1) is 8.38. The standard InChI is InChI=1S/C16H27NO/c1-12(2)15(10-18)17-11-16(4,5)14-9-7-6-8-13(14)3/h6-9,12,15,17-18H,10-11H2,1-5H3. The van der Waals surface area contributed by atoms with Gasteiger partial charge in [0.25, 0.3) is 0 Å². The quantitative estimate of drug-likeness (QED) is 0.812. The van der Waals surface area contributed by atoms with Gasteiger partial charge in [-0.25, -0.2) is 0 Å². The second kappa shape index (κ2) is 6.35. The van der Waals surface area contributed by atoms with E-state index in [1.165, 1.54) is 11.1 Å². The van der Waals surface area contributed by atoms with Crippen LogP contribution in [0.25, 0.3) is 0 Å². The highest BCUT2D eigenvalue weighted by Crippen LogP contribution is 2.25. The molecule has 0 aliphatic rings. The van der Waals surface area contributed by atoms with Crippen molar-refractivity contribution in [3.05, 3.63) is 35.4 Å². The first kappa shape index (κ1) is 15.2. The minimum atomic E-state index is 0.0770. The third-order valence-electron chi connectivity index (χ3n) is 3.68. The maximum absolute atomic E-state index is 9.36. The lowest BCUT2D eigenvalue weighted by atomic mass is 9.81. The molecule has 1 aromatic rings. The van der Waals surface area contributed by atoms with Crippen molar-refractivity contribution in [2.75, 3.05) is 13.2 Å². The monoisotopic (exact) mass is 249 g/mol. The van der Waals surface area contributed by atoms with Gasteiger partial charge in [-0.05, 0) is 24.0 Å². The average Bonchev–Trinajstić information content (AvgIpc) is 2.29. The van der Waals surface area contributed by atoms with Crippen LogP contribution < -0.4 is 5.32 Å². The molecule has 0 amide bonds. The summed E-state index contributed by atoms with van der Waals surface area (Å²) >= 11 is 0. The van der Waals surface area contributed by atoms with Crippen molar-refractivity contribution in [1.29, 1.82) is 0 Å². The molecule has 2 N–H and O–H groups in total. The van der Waals surface area contributed by atoms with Gasteiger partial charge in [0, 0.05) is 18.0 Å². The summed E-state index contributed by atoms with van der Waals surface area (Å²) in [6.07, 6.45) is 0. The highest BCUT2D eigenvalue weighted by Gasteiger charge is 2.24. The molecule has 0 aromatic heterocycles. The van der Waals surface area contributed by atoms with Crippen LogP contribution in [-0.4, -0.2) is 24.3 Å². The van der Waals surface area contributed by atoms with E-state index in [9.17, 15) is 5.11 Å². The van der Waals surface area contributed by atoms with Gasteiger partial charge in [-0.2, -0.15) is 0 Å². The van der Waals surface area contributed by atoms with E-state index in [0.717, 1.165) is 6.54 Å². The minimum absolute atomic E-state index is 0.0770. The van der Waals surface area contributed by atoms with Crippen LogP contribution in [0.15, 0.2) is 24.3 Å². The van der Waals surface area contributed by atoms with E-state index in [0.29, 0.717) is 5.92 Å². The first-order valence-electron chi connectivity index (χ1n) is 6.79. The summed E-state index contributed by atoms with van der Waals surface area (Å²) in [4.78, 5) is 0. The molecule has 0 radical (unpaired) electrons. The Hall–Kier alpha value is -0.860. The second-order valence-electron chi connectivity index (χ2n) is 6.11. The Kier molecular flexibility index (Phi) is 5.36. The molecule has 0 aliphatic heterocycles. The molecule has 1 atom stereocenters. The molecule has 102 valence electrons. The van der Waals surface area contributed by atoms with Crippen molar-refractivity contribution >= 4 is 0 Å². The molecule has 0 saturated heterocycles. The fraction of sp³-hybridized carbons (Fsp3) is 0.625. The average molecular weight is 249 g/mol. The van der Waals surface area contributed by atoms with Crippen LogP contribution in [0.4, 0.5) is 0 Å². The number of benzene rings is 1. The van der Waals surface area contributed by atoms with E-state index >= 15 is 0 Å². The smallest absolute Gasteiger partial charge is 0.0587 e. The van der Waals surface area contributed by atoms with Crippen LogP contribution in [0.1, 0.15) is 38.8 Å². The lowest BCUT2D eigenvalue weighted by Gasteiger charge is -2.31. The number of hydrogen-bond donors (Lipinski definition) is 2. The first-order valence-corrected chi connectivity index (χ1v) is 6.79. The van der Waals surface area contributed by atoms with E-state index in [4.69, 9.17) is 0 Å². The maximum Gasteiger partial charge on any atom is 0.0587 e. The van der Waals surface area contributed by atoms with E-state index < -0.39 is 0 Å². The molecule has 1 aromatic carbocycles. The minimum Gasteiger partial charge on any atom is -0.395 e. The molecule has 0 spiro atoms. The van der Waals surface area contributed by atoms with Crippen LogP contribution >= 0.6 is 0 Å². The van der Waals surface area contributed by atoms with Gasteiger partial charge in [0.15, 0.2) is 0 Å². The molecule has 0 bridgehead atoms. The van der Waals surface area contributed by atoms with Gasteiger partial charge in [-0.15, -0.1) is 0 Å². The zero-order valence-electron chi connectivity index (χ0n) is 12.3. The Labute approximate surface area is 111 Å². The van der Waals surface area contributed by atoms with Crippen LogP contribution in [0.5, 0.6) is 0 Å². The van der Waals surface area contributed by atoms with Crippen molar-refractivity contribution in [2.24, 2.45) is 5.92 Å². The Morgan fingerprint density at radius 3 is 2.33 bits per heavy atom. The van der Waals surface area contributed by atoms with E-state index in [1.54, 1.807) is 0 Å². The lowest BCUT2D eigenvalue weighted by Crippen LogP contribution is -2.43. The molecule has 0 aliphatic carbocycles. The van der Waals surface area contributed by atoms with Crippen LogP contribution in [0.3, 0.4) is 0 Å². The summed E-state index contributed by atoms with van der Waals surface area (Å²) in [5.41, 5.74) is 2.78. The van der Waals surface area contributed by atoms with E-state index in [2.05, 4.69) is 64.2 Å². The molecule has 1 rings (SSSR count). The van der Waals surface area contributed by atoms with Crippen molar-refractivity contribution in [1.82, 2.24) is 5.32 Å². The number of aliphatic hydroxyl groups is 1. The van der Waals surface area contributed by atoms with Crippen molar-refractivity contribution < 1.29 is 5.11 Å². The number of rotatable bonds is 6. The largest absolute Gasteiger partial charge is 0.395 e. The molecule has 0 fully saturated rings. The summed E-state index contributed by atoms with van der Waals surface area (Å²) in [6.45, 7) is 12.0. The van der Waals surface area contributed by atoms with Gasteiger partial charge in [-0.3, -0.25) is 0 Å². The summed E-state index contributed by atoms with van der Waals surface area (Å²) in [7, 11) is 0. The summed E-state index contributed by atoms with van der Waals surface area (Å²) < 4.78 is 0. The molecule has 2 heteroatoms. The highest BCUT2D eigenvalue weighted by molar-refractivity contribution is 5.32. The van der Waals surface area contributed by atoms with Crippen LogP contribution in [0.2, 0.25) is 0 Å². The van der Waals surface area contributed by atoms with Gasteiger partial charge in [-0.1, -0.05) is 52.0 Å². The predicted molar refractivity (Wildman–Crippen MR) is 77.9 cm³/mol. The number of aryl methyl sites for hydroxylation is 1. The van der Waals surface area contributed by atoms with Crippen molar-refractivity contribution in [3.8, 4) is 0 Å². The third kappa shape index (κ3) is 3.82. The molecular formula is C16H27NO. The lowest BCUT2D eigenvalue weighted by molar-refractivity contribution is 0.204. The topological polar surface area (TPSA) is 32.3 Å². The van der Waals surface area contributed by atoms with Gasteiger partial charge >= 0.3 is 0 Å². The van der Waals surface area contributed by atoms with Gasteiger partial charge in [0.2, 0.25) is 0 Å². The van der Waals surface area contributed by atoms with E-state index in [-0.39, 0.29) is 18.1 Å². The molecule has 0 saturated carbocycles. The highest BCUT2D eigenvalue weighted by atomic mass is 16.3. The zero-order valence-corrected chi connectivity index (χ0v) is 12.3. The Morgan fingerprint density at radius 1 is 1.22 bits per heavy atom. The molecule has 0 heterocycles. The SMILES string of the molecule is Cc1ccccc1C(C)(C)CNC(CO)C(C)C. The maximum atomic E-state index is 9.36. The normalized spacial score (nSPS) is 13.9. The predicted octanol–water partition coefficient (Wildman–Crippen LogP) is 2.88. The fourth-order valence-corrected chi connectivity index (χ4v) is 2.32. The molecule has 1 unspecified atom stereocenters. The van der Waals surface area contributed by atoms with E-state index in [1.807, 2.05) is 0 Å². The summed E-state index contributed by atoms with van der Waals surface area (Å²) in [5.74, 6) is 0.447.